The maximum Gasteiger partial charge on any atom is 0.186 e. The molecule has 0 fully saturated rings. The molecule has 3 aromatic carbocycles. The Morgan fingerprint density at radius 2 is 1.34 bits per heavy atom. The van der Waals surface area contributed by atoms with Gasteiger partial charge >= 0.3 is 0 Å². The molecule has 5 aromatic rings. The molecular formula is C25H21N3S. The topological polar surface area (TPSA) is 25.6 Å². The highest BCUT2D eigenvalue weighted by Gasteiger charge is 2.19. The predicted octanol–water partition coefficient (Wildman–Crippen LogP) is 6.44. The van der Waals surface area contributed by atoms with Crippen molar-refractivity contribution >= 4 is 23.1 Å². The molecule has 0 amide bonds. The van der Waals surface area contributed by atoms with Crippen LogP contribution in [0.4, 0.5) is 0 Å². The molecule has 0 bridgehead atoms. The molecule has 29 heavy (non-hydrogen) atoms. The number of nitrogens with zero attached hydrogens (tertiary/aromatic N) is 2. The van der Waals surface area contributed by atoms with E-state index in [1.807, 2.05) is 18.2 Å². The van der Waals surface area contributed by atoms with E-state index in [-0.39, 0.29) is 6.04 Å². The zero-order valence-electron chi connectivity index (χ0n) is 16.1. The fourth-order valence-corrected chi connectivity index (χ4v) is 4.37. The Morgan fingerprint density at radius 1 is 0.759 bits per heavy atom. The van der Waals surface area contributed by atoms with Gasteiger partial charge in [0.25, 0.3) is 0 Å². The molecule has 0 radical (unpaired) electrons. The van der Waals surface area contributed by atoms with Gasteiger partial charge in [0.15, 0.2) is 4.77 Å². The molecule has 1 N–H and O–H groups in total. The van der Waals surface area contributed by atoms with Gasteiger partial charge in [0, 0.05) is 23.3 Å². The van der Waals surface area contributed by atoms with Gasteiger partial charge in [0.05, 0.1) is 6.04 Å². The van der Waals surface area contributed by atoms with Crippen LogP contribution in [0.25, 0.3) is 16.7 Å². The lowest BCUT2D eigenvalue weighted by Gasteiger charge is -2.20. The molecule has 4 heteroatoms. The van der Waals surface area contributed by atoms with Gasteiger partial charge in [-0.1, -0.05) is 78.9 Å². The number of fused-ring (bicyclic) bond motifs is 1. The number of aryl methyl sites for hydroxylation is 1. The highest BCUT2D eigenvalue weighted by atomic mass is 32.1. The lowest BCUT2D eigenvalue weighted by molar-refractivity contribution is 0.659. The first-order valence-corrected chi connectivity index (χ1v) is 10.1. The summed E-state index contributed by atoms with van der Waals surface area (Å²) in [5.74, 6) is 1.02. The molecule has 0 aliphatic carbocycles. The van der Waals surface area contributed by atoms with Crippen LogP contribution in [0.1, 0.15) is 22.7 Å². The smallest absolute Gasteiger partial charge is 0.186 e. The van der Waals surface area contributed by atoms with E-state index >= 15 is 0 Å². The summed E-state index contributed by atoms with van der Waals surface area (Å²) in [4.78, 5) is 3.54. The number of aromatic nitrogens is 3. The van der Waals surface area contributed by atoms with Gasteiger partial charge in [0.1, 0.15) is 5.82 Å². The maximum atomic E-state index is 5.95. The van der Waals surface area contributed by atoms with Crippen molar-refractivity contribution in [3.8, 4) is 5.82 Å². The van der Waals surface area contributed by atoms with Crippen molar-refractivity contribution in [2.45, 2.75) is 13.0 Å². The van der Waals surface area contributed by atoms with Gasteiger partial charge in [-0.25, -0.2) is 0 Å². The summed E-state index contributed by atoms with van der Waals surface area (Å²) in [6.07, 6.45) is 4.14. The zero-order chi connectivity index (χ0) is 19.8. The molecular weight excluding hydrogens is 374 g/mol. The summed E-state index contributed by atoms with van der Waals surface area (Å²) in [5, 5.41) is 1.22. The standard InChI is InChI=1S/C25H21N3S/c1-18-21-14-8-9-15-22(21)26-24(18)28-17-16-27(25(28)29)23(19-10-4-2-5-11-19)20-12-6-3-7-13-20/h2-17,23,26H,1H3. The van der Waals surface area contributed by atoms with E-state index in [9.17, 15) is 0 Å². The normalized spacial score (nSPS) is 11.4. The fourth-order valence-electron chi connectivity index (χ4n) is 4.05. The number of hydrogen-bond acceptors (Lipinski definition) is 1. The molecule has 0 spiro atoms. The summed E-state index contributed by atoms with van der Waals surface area (Å²) in [6.45, 7) is 2.14. The predicted molar refractivity (Wildman–Crippen MR) is 121 cm³/mol. The third-order valence-corrected chi connectivity index (χ3v) is 5.90. The Balaban J connectivity index is 1.69. The van der Waals surface area contributed by atoms with Crippen molar-refractivity contribution in [2.75, 3.05) is 0 Å². The van der Waals surface area contributed by atoms with Crippen LogP contribution in [-0.2, 0) is 0 Å². The second-order valence-corrected chi connectivity index (χ2v) is 7.59. The molecule has 0 aliphatic rings. The molecule has 2 heterocycles. The zero-order valence-corrected chi connectivity index (χ0v) is 16.9. The van der Waals surface area contributed by atoms with Crippen LogP contribution < -0.4 is 0 Å². The van der Waals surface area contributed by atoms with Gasteiger partial charge < -0.3 is 9.55 Å². The Kier molecular flexibility index (Phi) is 4.41. The van der Waals surface area contributed by atoms with E-state index in [1.54, 1.807) is 0 Å². The number of imidazole rings is 1. The number of H-pyrrole nitrogens is 1. The molecule has 0 saturated heterocycles. The van der Waals surface area contributed by atoms with E-state index < -0.39 is 0 Å². The number of aromatic amines is 1. The third kappa shape index (κ3) is 3.02. The Morgan fingerprint density at radius 3 is 1.97 bits per heavy atom. The summed E-state index contributed by atoms with van der Waals surface area (Å²) >= 11 is 5.95. The summed E-state index contributed by atoms with van der Waals surface area (Å²) in [6, 6.07) is 29.4. The van der Waals surface area contributed by atoms with Crippen molar-refractivity contribution in [1.82, 2.24) is 14.1 Å². The minimum Gasteiger partial charge on any atom is -0.341 e. The van der Waals surface area contributed by atoms with E-state index in [4.69, 9.17) is 12.2 Å². The summed E-state index contributed by atoms with van der Waals surface area (Å²) in [7, 11) is 0. The number of rotatable bonds is 4. The maximum absolute atomic E-state index is 5.95. The molecule has 3 nitrogen and oxygen atoms in total. The van der Waals surface area contributed by atoms with Crippen LogP contribution in [0.3, 0.4) is 0 Å². The molecule has 0 unspecified atom stereocenters. The average Bonchev–Trinajstić information content (AvgIpc) is 3.30. The van der Waals surface area contributed by atoms with E-state index in [2.05, 4.69) is 100 Å². The van der Waals surface area contributed by atoms with Crippen molar-refractivity contribution in [2.24, 2.45) is 0 Å². The lowest BCUT2D eigenvalue weighted by atomic mass is 9.99. The quantitative estimate of drug-likeness (QED) is 0.348. The second kappa shape index (κ2) is 7.22. The first-order chi connectivity index (χ1) is 14.2. The highest BCUT2D eigenvalue weighted by Crippen LogP contribution is 2.29. The number of hydrogen-bond donors (Lipinski definition) is 1. The van der Waals surface area contributed by atoms with Gasteiger partial charge in [-0.15, -0.1) is 0 Å². The van der Waals surface area contributed by atoms with Crippen LogP contribution in [0, 0.1) is 11.7 Å². The largest absolute Gasteiger partial charge is 0.341 e. The molecule has 0 aliphatic heterocycles. The van der Waals surface area contributed by atoms with Crippen LogP contribution >= 0.6 is 12.2 Å². The second-order valence-electron chi connectivity index (χ2n) is 7.23. The first-order valence-electron chi connectivity index (χ1n) is 9.71. The Bertz CT molecular complexity index is 1290. The molecule has 142 valence electrons. The van der Waals surface area contributed by atoms with Crippen molar-refractivity contribution in [3.05, 3.63) is 119 Å². The van der Waals surface area contributed by atoms with Gasteiger partial charge in [-0.3, -0.25) is 4.57 Å². The summed E-state index contributed by atoms with van der Waals surface area (Å²) < 4.78 is 5.01. The monoisotopic (exact) mass is 395 g/mol. The van der Waals surface area contributed by atoms with Crippen LogP contribution in [0.5, 0.6) is 0 Å². The molecule has 5 rings (SSSR count). The number of benzene rings is 3. The van der Waals surface area contributed by atoms with Crippen molar-refractivity contribution in [1.29, 1.82) is 0 Å². The van der Waals surface area contributed by atoms with Gasteiger partial charge in [-0.05, 0) is 41.9 Å². The van der Waals surface area contributed by atoms with Gasteiger partial charge in [-0.2, -0.15) is 0 Å². The number of para-hydroxylation sites is 1. The van der Waals surface area contributed by atoms with Crippen LogP contribution in [0.2, 0.25) is 0 Å². The van der Waals surface area contributed by atoms with E-state index in [0.29, 0.717) is 0 Å². The average molecular weight is 396 g/mol. The van der Waals surface area contributed by atoms with E-state index in [0.717, 1.165) is 16.1 Å². The molecule has 0 atom stereocenters. The summed E-state index contributed by atoms with van der Waals surface area (Å²) in [5.41, 5.74) is 4.74. The fraction of sp³-hybridized carbons (Fsp3) is 0.0800. The SMILES string of the molecule is Cc1c(-n2ccn(C(c3ccccc3)c3ccccc3)c2=S)[nH]c2ccccc12. The van der Waals surface area contributed by atoms with Crippen LogP contribution in [-0.4, -0.2) is 14.1 Å². The minimum absolute atomic E-state index is 0.0239. The lowest BCUT2D eigenvalue weighted by Crippen LogP contribution is -2.12. The van der Waals surface area contributed by atoms with Crippen molar-refractivity contribution in [3.63, 3.8) is 0 Å². The molecule has 2 aromatic heterocycles. The molecule has 0 saturated carbocycles. The third-order valence-electron chi connectivity index (χ3n) is 5.49. The Labute approximate surface area is 174 Å². The first kappa shape index (κ1) is 17.7. The van der Waals surface area contributed by atoms with E-state index in [1.165, 1.54) is 22.1 Å². The number of nitrogens with one attached hydrogen (secondary N) is 1. The highest BCUT2D eigenvalue weighted by molar-refractivity contribution is 7.71. The Hall–Kier alpha value is -3.37. The minimum atomic E-state index is 0.0239. The van der Waals surface area contributed by atoms with Crippen LogP contribution in [0.15, 0.2) is 97.3 Å². The van der Waals surface area contributed by atoms with Crippen molar-refractivity contribution < 1.29 is 0 Å². The van der Waals surface area contributed by atoms with Gasteiger partial charge in [0.2, 0.25) is 0 Å².